The molecule has 1 rings (SSSR count). The van der Waals surface area contributed by atoms with E-state index in [1.54, 1.807) is 24.3 Å². The average molecular weight is 236 g/mol. The summed E-state index contributed by atoms with van der Waals surface area (Å²) in [6.45, 7) is 0.359. The number of phenols is 1. The highest BCUT2D eigenvalue weighted by Gasteiger charge is 2.12. The first-order valence-corrected chi connectivity index (χ1v) is 5.28. The van der Waals surface area contributed by atoms with Gasteiger partial charge in [-0.15, -0.1) is 0 Å². The molecule has 0 unspecified atom stereocenters. The lowest BCUT2D eigenvalue weighted by Gasteiger charge is -2.21. The Morgan fingerprint density at radius 3 is 2.76 bits per heavy atom. The van der Waals surface area contributed by atoms with E-state index in [0.29, 0.717) is 11.0 Å². The second-order valence-corrected chi connectivity index (χ2v) is 4.84. The number of carbonyl (C=O) groups excluding carboxylic acids is 1. The van der Waals surface area contributed by atoms with Crippen LogP contribution in [-0.2, 0) is 4.79 Å². The minimum atomic E-state index is -0.145. The van der Waals surface area contributed by atoms with Crippen LogP contribution in [0.3, 0.4) is 0 Å². The quantitative estimate of drug-likeness (QED) is 0.455. The van der Waals surface area contributed by atoms with Gasteiger partial charge >= 0.3 is 0 Å². The van der Waals surface area contributed by atoms with Crippen LogP contribution >= 0.6 is 0 Å². The molecule has 0 saturated heterocycles. The van der Waals surface area contributed by atoms with Gasteiger partial charge in [-0.3, -0.25) is 4.79 Å². The zero-order chi connectivity index (χ0) is 12.9. The summed E-state index contributed by atoms with van der Waals surface area (Å²) in [5, 5.41) is 13.0. The molecule has 0 fully saturated rings. The molecule has 0 bridgehead atoms. The maximum absolute atomic E-state index is 11.4. The number of quaternary nitrogens is 1. The number of benzene rings is 1. The van der Waals surface area contributed by atoms with Crippen molar-refractivity contribution in [2.45, 2.75) is 0 Å². The summed E-state index contributed by atoms with van der Waals surface area (Å²) < 4.78 is 0.549. The van der Waals surface area contributed by atoms with Crippen molar-refractivity contribution in [1.82, 2.24) is 5.43 Å². The van der Waals surface area contributed by atoms with Gasteiger partial charge in [0.1, 0.15) is 5.75 Å². The van der Waals surface area contributed by atoms with Crippen LogP contribution in [0, 0.1) is 0 Å². The fourth-order valence-electron chi connectivity index (χ4n) is 1.25. The van der Waals surface area contributed by atoms with Crippen molar-refractivity contribution in [2.24, 2.45) is 5.10 Å². The van der Waals surface area contributed by atoms with Gasteiger partial charge in [-0.2, -0.15) is 5.10 Å². The molecule has 0 atom stereocenters. The summed E-state index contributed by atoms with van der Waals surface area (Å²) in [5.74, 6) is 0.0283. The second kappa shape index (κ2) is 5.45. The Labute approximate surface area is 101 Å². The molecule has 1 aromatic carbocycles. The number of nitrogens with one attached hydrogen (secondary N) is 1. The normalized spacial score (nSPS) is 11.7. The Morgan fingerprint density at radius 1 is 1.47 bits per heavy atom. The number of aromatic hydroxyl groups is 1. The van der Waals surface area contributed by atoms with Crippen molar-refractivity contribution in [3.63, 3.8) is 0 Å². The molecule has 0 aromatic heterocycles. The van der Waals surface area contributed by atoms with Crippen molar-refractivity contribution < 1.29 is 14.4 Å². The van der Waals surface area contributed by atoms with Gasteiger partial charge in [-0.25, -0.2) is 5.43 Å². The fourth-order valence-corrected chi connectivity index (χ4v) is 1.25. The van der Waals surface area contributed by atoms with Gasteiger partial charge in [0.15, 0.2) is 6.54 Å². The molecule has 0 aliphatic rings. The molecule has 0 saturated carbocycles. The maximum atomic E-state index is 11.4. The maximum Gasteiger partial charge on any atom is 0.295 e. The van der Waals surface area contributed by atoms with Gasteiger partial charge in [0.05, 0.1) is 27.4 Å². The van der Waals surface area contributed by atoms with E-state index in [2.05, 4.69) is 10.5 Å². The zero-order valence-corrected chi connectivity index (χ0v) is 10.3. The van der Waals surface area contributed by atoms with Gasteiger partial charge in [0.25, 0.3) is 5.91 Å². The molecule has 1 aromatic rings. The van der Waals surface area contributed by atoms with E-state index in [1.165, 1.54) is 6.21 Å². The Hall–Kier alpha value is -1.88. The lowest BCUT2D eigenvalue weighted by atomic mass is 10.2. The molecule has 0 heterocycles. The first-order chi connectivity index (χ1) is 7.87. The Bertz CT molecular complexity index is 422. The third-order valence-corrected chi connectivity index (χ3v) is 1.89. The Balaban J connectivity index is 2.48. The van der Waals surface area contributed by atoms with Crippen LogP contribution in [0.4, 0.5) is 0 Å². The van der Waals surface area contributed by atoms with Gasteiger partial charge < -0.3 is 9.59 Å². The highest BCUT2D eigenvalue weighted by atomic mass is 16.3. The molecule has 2 N–H and O–H groups in total. The molecule has 5 nitrogen and oxygen atoms in total. The van der Waals surface area contributed by atoms with E-state index in [-0.39, 0.29) is 11.7 Å². The summed E-state index contributed by atoms with van der Waals surface area (Å²) in [5.41, 5.74) is 3.17. The molecule has 0 aliphatic heterocycles. The molecule has 0 spiro atoms. The zero-order valence-electron chi connectivity index (χ0n) is 10.3. The molecular weight excluding hydrogens is 218 g/mol. The number of likely N-dealkylation sites (N-methyl/N-ethyl adjacent to an activating group) is 1. The lowest BCUT2D eigenvalue weighted by Crippen LogP contribution is -2.43. The molecular formula is C12H18N3O2+. The highest BCUT2D eigenvalue weighted by molar-refractivity contribution is 5.83. The minimum absolute atomic E-state index is 0.145. The smallest absolute Gasteiger partial charge is 0.295 e. The Morgan fingerprint density at radius 2 is 2.18 bits per heavy atom. The van der Waals surface area contributed by atoms with Crippen molar-refractivity contribution in [3.8, 4) is 5.75 Å². The Kier molecular flexibility index (Phi) is 4.23. The van der Waals surface area contributed by atoms with E-state index < -0.39 is 0 Å². The molecule has 0 aliphatic carbocycles. The van der Waals surface area contributed by atoms with Crippen molar-refractivity contribution >= 4 is 12.1 Å². The number of nitrogens with zero attached hydrogens (tertiary/aromatic N) is 2. The van der Waals surface area contributed by atoms with Gasteiger partial charge in [0.2, 0.25) is 0 Å². The molecule has 92 valence electrons. The number of rotatable bonds is 4. The summed E-state index contributed by atoms with van der Waals surface area (Å²) in [6, 6.07) is 6.64. The van der Waals surface area contributed by atoms with Crippen LogP contribution in [0.1, 0.15) is 5.56 Å². The van der Waals surface area contributed by atoms with Crippen LogP contribution in [0.2, 0.25) is 0 Å². The number of hydrogen-bond donors (Lipinski definition) is 2. The number of carbonyl (C=O) groups is 1. The van der Waals surface area contributed by atoms with E-state index in [9.17, 15) is 9.90 Å². The lowest BCUT2D eigenvalue weighted by molar-refractivity contribution is -0.862. The monoisotopic (exact) mass is 236 g/mol. The first kappa shape index (κ1) is 13.2. The highest BCUT2D eigenvalue weighted by Crippen LogP contribution is 2.08. The SMILES string of the molecule is C[N+](C)(C)CC(=O)N/N=C/c1cccc(O)c1. The third kappa shape index (κ3) is 5.67. The number of hydrogen-bond acceptors (Lipinski definition) is 3. The van der Waals surface area contributed by atoms with Crippen LogP contribution in [0.5, 0.6) is 5.75 Å². The number of hydrazone groups is 1. The molecule has 5 heteroatoms. The topological polar surface area (TPSA) is 61.7 Å². The van der Waals surface area contributed by atoms with Gasteiger partial charge in [-0.05, 0) is 17.7 Å². The van der Waals surface area contributed by atoms with Crippen LogP contribution in [0.25, 0.3) is 0 Å². The van der Waals surface area contributed by atoms with Crippen molar-refractivity contribution in [2.75, 3.05) is 27.7 Å². The average Bonchev–Trinajstić information content (AvgIpc) is 2.14. The number of amides is 1. The second-order valence-electron chi connectivity index (χ2n) is 4.84. The summed E-state index contributed by atoms with van der Waals surface area (Å²) in [4.78, 5) is 11.4. The van der Waals surface area contributed by atoms with Crippen molar-refractivity contribution in [1.29, 1.82) is 0 Å². The van der Waals surface area contributed by atoms with E-state index >= 15 is 0 Å². The standard InChI is InChI=1S/C12H17N3O2/c1-15(2,3)9-12(17)14-13-8-10-5-4-6-11(16)7-10/h4-8H,9H2,1-3H3,(H-,14,16,17)/p+1/b13-8+. The van der Waals surface area contributed by atoms with Crippen molar-refractivity contribution in [3.05, 3.63) is 29.8 Å². The van der Waals surface area contributed by atoms with E-state index in [1.807, 2.05) is 21.1 Å². The summed E-state index contributed by atoms with van der Waals surface area (Å²) >= 11 is 0. The predicted octanol–water partition coefficient (Wildman–Crippen LogP) is 0.548. The van der Waals surface area contributed by atoms with Crippen LogP contribution in [0.15, 0.2) is 29.4 Å². The molecule has 0 radical (unpaired) electrons. The fraction of sp³-hybridized carbons (Fsp3) is 0.333. The van der Waals surface area contributed by atoms with Gasteiger partial charge in [0, 0.05) is 0 Å². The molecule has 17 heavy (non-hydrogen) atoms. The van der Waals surface area contributed by atoms with E-state index in [0.717, 1.165) is 5.56 Å². The van der Waals surface area contributed by atoms with Crippen LogP contribution < -0.4 is 5.43 Å². The third-order valence-electron chi connectivity index (χ3n) is 1.89. The number of phenolic OH excluding ortho intramolecular Hbond substituents is 1. The summed E-state index contributed by atoms with van der Waals surface area (Å²) in [7, 11) is 5.79. The molecule has 1 amide bonds. The van der Waals surface area contributed by atoms with Gasteiger partial charge in [-0.1, -0.05) is 12.1 Å². The largest absolute Gasteiger partial charge is 0.508 e. The first-order valence-electron chi connectivity index (χ1n) is 5.28. The minimum Gasteiger partial charge on any atom is -0.508 e. The predicted molar refractivity (Wildman–Crippen MR) is 66.7 cm³/mol. The van der Waals surface area contributed by atoms with E-state index in [4.69, 9.17) is 0 Å². The van der Waals surface area contributed by atoms with Crippen LogP contribution in [-0.4, -0.2) is 49.4 Å². The summed E-state index contributed by atoms with van der Waals surface area (Å²) in [6.07, 6.45) is 1.49.